The Morgan fingerprint density at radius 3 is 1.50 bits per heavy atom. The Balaban J connectivity index is 3.39. The Morgan fingerprint density at radius 2 is 1.50 bits per heavy atom. The van der Waals surface area contributed by atoms with E-state index in [1.165, 1.54) is 0 Å². The third kappa shape index (κ3) is 7.84. The Labute approximate surface area is 73.1 Å². The molecule has 0 aromatic heterocycles. The van der Waals surface area contributed by atoms with Gasteiger partial charge in [-0.1, -0.05) is 33.2 Å². The van der Waals surface area contributed by atoms with E-state index in [4.69, 9.17) is 55.4 Å². The van der Waals surface area contributed by atoms with Gasteiger partial charge in [0.15, 0.2) is 0 Å². The highest BCUT2D eigenvalue weighted by Gasteiger charge is 2.31. The lowest BCUT2D eigenvalue weighted by molar-refractivity contribution is 0.652. The SMILES string of the molecule is Cl[Si](Cl)O[Si](Cl)(Cl)Cl. The third-order valence-electron chi connectivity index (χ3n) is 0.193. The topological polar surface area (TPSA) is 9.23 Å². The standard InChI is InChI=1S/Cl5OSi2/c1-7(2)6-8(3,4)5. The molecule has 8 heavy (non-hydrogen) atoms. The van der Waals surface area contributed by atoms with E-state index in [-0.39, 0.29) is 0 Å². The smallest absolute Gasteiger partial charge is 0.398 e. The molecule has 0 aromatic rings. The zero-order chi connectivity index (χ0) is 6.78. The van der Waals surface area contributed by atoms with Crippen molar-refractivity contribution in [2.45, 2.75) is 0 Å². The van der Waals surface area contributed by atoms with Gasteiger partial charge in [-0.05, 0) is 0 Å². The van der Waals surface area contributed by atoms with Gasteiger partial charge in [0.2, 0.25) is 0 Å². The normalized spacial score (nSPS) is 12.8. The van der Waals surface area contributed by atoms with E-state index in [9.17, 15) is 0 Å². The van der Waals surface area contributed by atoms with Crippen molar-refractivity contribution in [3.63, 3.8) is 0 Å². The van der Waals surface area contributed by atoms with E-state index >= 15 is 0 Å². The van der Waals surface area contributed by atoms with Crippen molar-refractivity contribution in [2.24, 2.45) is 0 Å². The highest BCUT2D eigenvalue weighted by molar-refractivity contribution is 7.63. The zero-order valence-electron chi connectivity index (χ0n) is 3.30. The van der Waals surface area contributed by atoms with Crippen LogP contribution in [0.5, 0.6) is 0 Å². The highest BCUT2D eigenvalue weighted by atomic mass is 35.8. The monoisotopic (exact) mass is 247 g/mol. The lowest BCUT2D eigenvalue weighted by Crippen LogP contribution is -2.21. The molecule has 0 heterocycles. The molecule has 8 heteroatoms. The van der Waals surface area contributed by atoms with Crippen molar-refractivity contribution < 1.29 is 4.12 Å². The molecule has 0 N–H and O–H groups in total. The van der Waals surface area contributed by atoms with Crippen LogP contribution in [0.2, 0.25) is 0 Å². The molecule has 0 aliphatic heterocycles. The molecule has 0 spiro atoms. The minimum absolute atomic E-state index is 1.88. The summed E-state index contributed by atoms with van der Waals surface area (Å²) in [5.74, 6) is 0. The number of rotatable bonds is 2. The van der Waals surface area contributed by atoms with E-state index in [2.05, 4.69) is 4.12 Å². The quantitative estimate of drug-likeness (QED) is 0.540. The van der Waals surface area contributed by atoms with Crippen LogP contribution < -0.4 is 0 Å². The Kier molecular flexibility index (Phi) is 4.77. The molecule has 0 aliphatic carbocycles. The summed E-state index contributed by atoms with van der Waals surface area (Å²) in [4.78, 5) is 0. The molecule has 0 aliphatic rings. The predicted molar refractivity (Wildman–Crippen MR) is 41.9 cm³/mol. The van der Waals surface area contributed by atoms with Crippen LogP contribution in [0.3, 0.4) is 0 Å². The minimum Gasteiger partial charge on any atom is -0.398 e. The summed E-state index contributed by atoms with van der Waals surface area (Å²) in [6, 6.07) is 0. The molecule has 1 radical (unpaired) electrons. The summed E-state index contributed by atoms with van der Waals surface area (Å²) >= 11 is 26.1. The van der Waals surface area contributed by atoms with Crippen molar-refractivity contribution in [1.82, 2.24) is 0 Å². The Morgan fingerprint density at radius 1 is 1.12 bits per heavy atom. The van der Waals surface area contributed by atoms with Gasteiger partial charge in [-0.3, -0.25) is 0 Å². The first kappa shape index (κ1) is 9.84. The fraction of sp³-hybridized carbons (Fsp3) is 0. The fourth-order valence-corrected chi connectivity index (χ4v) is 7.09. The van der Waals surface area contributed by atoms with Crippen LogP contribution in [0.4, 0.5) is 0 Å². The van der Waals surface area contributed by atoms with Gasteiger partial charge in [0, 0.05) is 0 Å². The number of hydrogen-bond acceptors (Lipinski definition) is 1. The van der Waals surface area contributed by atoms with Gasteiger partial charge >= 0.3 is 13.9 Å². The first-order valence-electron chi connectivity index (χ1n) is 1.35. The Hall–Kier alpha value is 1.84. The molecule has 49 valence electrons. The number of halogens is 5. The minimum atomic E-state index is -3.02. The second kappa shape index (κ2) is 3.88. The van der Waals surface area contributed by atoms with E-state index < -0.39 is 13.9 Å². The lowest BCUT2D eigenvalue weighted by Gasteiger charge is -2.06. The molecule has 0 aromatic carbocycles. The first-order valence-corrected chi connectivity index (χ1v) is 9.73. The van der Waals surface area contributed by atoms with Crippen LogP contribution in [0.1, 0.15) is 0 Å². The maximum absolute atomic E-state index is 5.23. The first-order chi connectivity index (χ1) is 3.42. The van der Waals surface area contributed by atoms with Gasteiger partial charge in [-0.2, -0.15) is 0 Å². The van der Waals surface area contributed by atoms with Gasteiger partial charge < -0.3 is 4.12 Å². The van der Waals surface area contributed by atoms with Crippen LogP contribution >= 0.6 is 55.4 Å². The number of hydrogen-bond donors (Lipinski definition) is 0. The van der Waals surface area contributed by atoms with Crippen molar-refractivity contribution in [3.8, 4) is 0 Å². The second-order valence-electron chi connectivity index (χ2n) is 0.774. The highest BCUT2D eigenvalue weighted by Crippen LogP contribution is 2.23. The molecule has 1 nitrogen and oxygen atoms in total. The third-order valence-corrected chi connectivity index (χ3v) is 5.21. The summed E-state index contributed by atoms with van der Waals surface area (Å²) < 4.78 is 4.51. The van der Waals surface area contributed by atoms with Crippen LogP contribution in [0, 0.1) is 0 Å². The van der Waals surface area contributed by atoms with Crippen LogP contribution in [-0.2, 0) is 4.12 Å². The van der Waals surface area contributed by atoms with E-state index in [1.54, 1.807) is 0 Å². The molecular weight excluding hydrogens is 249 g/mol. The molecule has 0 atom stereocenters. The molecule has 0 amide bonds. The fourth-order valence-electron chi connectivity index (χ4n) is 0.0875. The van der Waals surface area contributed by atoms with E-state index in [1.807, 2.05) is 0 Å². The average Bonchev–Trinajstić information content (AvgIpc) is 1.21. The van der Waals surface area contributed by atoms with E-state index in [0.29, 0.717) is 0 Å². The summed E-state index contributed by atoms with van der Waals surface area (Å²) in [7, 11) is -1.88. The second-order valence-corrected chi connectivity index (χ2v) is 12.1. The van der Waals surface area contributed by atoms with Crippen LogP contribution in [0.25, 0.3) is 0 Å². The van der Waals surface area contributed by atoms with Gasteiger partial charge in [0.05, 0.1) is 0 Å². The average molecular weight is 249 g/mol. The van der Waals surface area contributed by atoms with E-state index in [0.717, 1.165) is 0 Å². The maximum atomic E-state index is 5.23. The largest absolute Gasteiger partial charge is 0.485 e. The molecule has 0 saturated heterocycles. The van der Waals surface area contributed by atoms with Crippen LogP contribution in [0.15, 0.2) is 0 Å². The molecular formula is Cl5OSi2. The predicted octanol–water partition coefficient (Wildman–Crippen LogP) is 2.62. The zero-order valence-corrected chi connectivity index (χ0v) is 9.08. The maximum Gasteiger partial charge on any atom is 0.485 e. The molecule has 0 fully saturated rings. The van der Waals surface area contributed by atoms with Gasteiger partial charge in [0.1, 0.15) is 0 Å². The molecule has 0 rings (SSSR count). The Bertz CT molecular complexity index is 65.3. The van der Waals surface area contributed by atoms with Gasteiger partial charge in [-0.15, -0.1) is 22.2 Å². The summed E-state index contributed by atoms with van der Waals surface area (Å²) in [6.45, 7) is 0. The lowest BCUT2D eigenvalue weighted by atomic mass is 15.8. The van der Waals surface area contributed by atoms with Crippen LogP contribution in [-0.4, -0.2) is 13.9 Å². The van der Waals surface area contributed by atoms with Crippen molar-refractivity contribution in [3.05, 3.63) is 0 Å². The van der Waals surface area contributed by atoms with Gasteiger partial charge in [0.25, 0.3) is 0 Å². The summed E-state index contributed by atoms with van der Waals surface area (Å²) in [6.07, 6.45) is -3.02. The van der Waals surface area contributed by atoms with Gasteiger partial charge in [-0.25, -0.2) is 0 Å². The summed E-state index contributed by atoms with van der Waals surface area (Å²) in [5.41, 5.74) is 0. The van der Waals surface area contributed by atoms with Crippen molar-refractivity contribution >= 4 is 69.3 Å². The van der Waals surface area contributed by atoms with Crippen molar-refractivity contribution in [1.29, 1.82) is 0 Å². The molecule has 0 bridgehead atoms. The molecule has 0 unspecified atom stereocenters. The molecule has 0 saturated carbocycles. The van der Waals surface area contributed by atoms with Crippen molar-refractivity contribution in [2.75, 3.05) is 0 Å². The summed E-state index contributed by atoms with van der Waals surface area (Å²) in [5, 5.41) is 0.